The highest BCUT2D eigenvalue weighted by atomic mass is 127. The SMILES string of the molecule is CCNC(=NCc1nncn1CC)N1CC(C)(C)C1(C)C.I. The van der Waals surface area contributed by atoms with Crippen LogP contribution in [0.5, 0.6) is 0 Å². The number of aromatic nitrogens is 3. The van der Waals surface area contributed by atoms with E-state index in [1.807, 2.05) is 4.57 Å². The Morgan fingerprint density at radius 2 is 2.00 bits per heavy atom. The number of likely N-dealkylation sites (tertiary alicyclic amines) is 1. The fourth-order valence-corrected chi connectivity index (χ4v) is 2.61. The van der Waals surface area contributed by atoms with Crippen LogP contribution in [0.3, 0.4) is 0 Å². The van der Waals surface area contributed by atoms with E-state index in [0.29, 0.717) is 12.0 Å². The molecule has 0 aromatic carbocycles. The molecule has 2 rings (SSSR count). The van der Waals surface area contributed by atoms with Crippen LogP contribution < -0.4 is 5.32 Å². The Labute approximate surface area is 150 Å². The van der Waals surface area contributed by atoms with Gasteiger partial charge >= 0.3 is 0 Å². The zero-order valence-corrected chi connectivity index (χ0v) is 16.9. The summed E-state index contributed by atoms with van der Waals surface area (Å²) in [6, 6.07) is 0. The van der Waals surface area contributed by atoms with Gasteiger partial charge in [-0.2, -0.15) is 0 Å². The van der Waals surface area contributed by atoms with Crippen molar-refractivity contribution >= 4 is 29.9 Å². The van der Waals surface area contributed by atoms with Crippen molar-refractivity contribution in [2.45, 2.75) is 60.2 Å². The Balaban J connectivity index is 0.00000242. The van der Waals surface area contributed by atoms with E-state index in [4.69, 9.17) is 4.99 Å². The molecule has 0 saturated carbocycles. The highest BCUT2D eigenvalue weighted by molar-refractivity contribution is 14.0. The molecule has 1 saturated heterocycles. The maximum Gasteiger partial charge on any atom is 0.194 e. The fraction of sp³-hybridized carbons (Fsp3) is 0.800. The van der Waals surface area contributed by atoms with Crippen LogP contribution in [0.1, 0.15) is 47.4 Å². The van der Waals surface area contributed by atoms with E-state index in [-0.39, 0.29) is 29.5 Å². The first kappa shape index (κ1) is 19.2. The average Bonchev–Trinajstić information content (AvgIpc) is 2.88. The summed E-state index contributed by atoms with van der Waals surface area (Å²) in [5, 5.41) is 11.5. The molecular weight excluding hydrogens is 391 g/mol. The highest BCUT2D eigenvalue weighted by Crippen LogP contribution is 2.46. The van der Waals surface area contributed by atoms with Gasteiger partial charge in [-0.15, -0.1) is 34.2 Å². The molecule has 0 unspecified atom stereocenters. The molecule has 1 aromatic heterocycles. The van der Waals surface area contributed by atoms with Gasteiger partial charge in [0, 0.05) is 30.6 Å². The lowest BCUT2D eigenvalue weighted by Gasteiger charge is -2.62. The quantitative estimate of drug-likeness (QED) is 0.462. The van der Waals surface area contributed by atoms with E-state index in [9.17, 15) is 0 Å². The Kier molecular flexibility index (Phi) is 6.23. The topological polar surface area (TPSA) is 58.3 Å². The predicted molar refractivity (Wildman–Crippen MR) is 100 cm³/mol. The van der Waals surface area contributed by atoms with Crippen LogP contribution >= 0.6 is 24.0 Å². The van der Waals surface area contributed by atoms with Crippen molar-refractivity contribution in [2.24, 2.45) is 10.4 Å². The number of guanidine groups is 1. The van der Waals surface area contributed by atoms with Gasteiger partial charge in [0.1, 0.15) is 12.9 Å². The zero-order valence-electron chi connectivity index (χ0n) is 14.6. The molecule has 22 heavy (non-hydrogen) atoms. The molecule has 6 nitrogen and oxygen atoms in total. The summed E-state index contributed by atoms with van der Waals surface area (Å²) in [5.74, 6) is 1.87. The molecule has 1 aliphatic heterocycles. The number of halogens is 1. The van der Waals surface area contributed by atoms with E-state index < -0.39 is 0 Å². The Hall–Kier alpha value is -0.860. The molecule has 0 radical (unpaired) electrons. The first-order valence-corrected chi connectivity index (χ1v) is 7.76. The largest absolute Gasteiger partial charge is 0.356 e. The standard InChI is InChI=1S/C15H28N6.HI/c1-7-16-13(21-10-14(3,4)15(21,5)6)17-9-12-19-18-11-20(12)8-2;/h11H,7-10H2,1-6H3,(H,16,17);1H. The summed E-state index contributed by atoms with van der Waals surface area (Å²) in [6.45, 7) is 16.7. The molecule has 0 atom stereocenters. The number of aliphatic imine (C=N–C) groups is 1. The first-order valence-electron chi connectivity index (χ1n) is 7.76. The second-order valence-electron chi connectivity index (χ2n) is 6.73. The van der Waals surface area contributed by atoms with Crippen LogP contribution in [0.4, 0.5) is 0 Å². The molecule has 1 fully saturated rings. The Morgan fingerprint density at radius 1 is 1.32 bits per heavy atom. The molecule has 1 aromatic rings. The van der Waals surface area contributed by atoms with Gasteiger partial charge in [0.2, 0.25) is 0 Å². The molecule has 0 spiro atoms. The van der Waals surface area contributed by atoms with E-state index in [1.54, 1.807) is 6.33 Å². The number of rotatable bonds is 4. The van der Waals surface area contributed by atoms with Crippen molar-refractivity contribution < 1.29 is 0 Å². The van der Waals surface area contributed by atoms with Gasteiger partial charge < -0.3 is 14.8 Å². The number of nitrogens with one attached hydrogen (secondary N) is 1. The maximum absolute atomic E-state index is 4.76. The molecule has 1 N–H and O–H groups in total. The number of nitrogens with zero attached hydrogens (tertiary/aromatic N) is 5. The fourth-order valence-electron chi connectivity index (χ4n) is 2.61. The van der Waals surface area contributed by atoms with Gasteiger partial charge in [0.25, 0.3) is 0 Å². The molecule has 0 aliphatic carbocycles. The van der Waals surface area contributed by atoms with Crippen molar-refractivity contribution in [3.63, 3.8) is 0 Å². The smallest absolute Gasteiger partial charge is 0.194 e. The normalized spacial score (nSPS) is 19.4. The summed E-state index contributed by atoms with van der Waals surface area (Å²) in [5.41, 5.74) is 0.402. The highest BCUT2D eigenvalue weighted by Gasteiger charge is 2.53. The maximum atomic E-state index is 4.76. The summed E-state index contributed by atoms with van der Waals surface area (Å²) in [7, 11) is 0. The summed E-state index contributed by atoms with van der Waals surface area (Å²) >= 11 is 0. The van der Waals surface area contributed by atoms with Crippen LogP contribution in [0.25, 0.3) is 0 Å². The minimum atomic E-state index is 0. The van der Waals surface area contributed by atoms with Crippen LogP contribution in [-0.2, 0) is 13.1 Å². The average molecular weight is 420 g/mol. The molecule has 1 aliphatic rings. The lowest BCUT2D eigenvalue weighted by Crippen LogP contribution is -2.72. The van der Waals surface area contributed by atoms with E-state index >= 15 is 0 Å². The lowest BCUT2D eigenvalue weighted by atomic mass is 9.65. The Morgan fingerprint density at radius 3 is 2.50 bits per heavy atom. The van der Waals surface area contributed by atoms with Crippen molar-refractivity contribution in [1.29, 1.82) is 0 Å². The number of aryl methyl sites for hydroxylation is 1. The van der Waals surface area contributed by atoms with Crippen LogP contribution in [0.2, 0.25) is 0 Å². The number of hydrogen-bond acceptors (Lipinski definition) is 3. The third kappa shape index (κ3) is 3.38. The van der Waals surface area contributed by atoms with Crippen molar-refractivity contribution in [3.05, 3.63) is 12.2 Å². The third-order valence-corrected chi connectivity index (χ3v) is 4.88. The van der Waals surface area contributed by atoms with Crippen LogP contribution in [0.15, 0.2) is 11.3 Å². The van der Waals surface area contributed by atoms with Gasteiger partial charge in [0.05, 0.1) is 0 Å². The Bertz CT molecular complexity index is 520. The molecule has 126 valence electrons. The van der Waals surface area contributed by atoms with Gasteiger partial charge in [-0.05, 0) is 27.7 Å². The monoisotopic (exact) mass is 420 g/mol. The lowest BCUT2D eigenvalue weighted by molar-refractivity contribution is -0.0668. The van der Waals surface area contributed by atoms with Crippen LogP contribution in [-0.4, -0.2) is 44.3 Å². The van der Waals surface area contributed by atoms with Crippen LogP contribution in [0, 0.1) is 5.41 Å². The molecule has 2 heterocycles. The first-order chi connectivity index (χ1) is 9.83. The summed E-state index contributed by atoms with van der Waals surface area (Å²) in [6.07, 6.45) is 1.76. The minimum Gasteiger partial charge on any atom is -0.356 e. The minimum absolute atomic E-state index is 0. The molecule has 0 bridgehead atoms. The second-order valence-corrected chi connectivity index (χ2v) is 6.73. The van der Waals surface area contributed by atoms with Gasteiger partial charge in [-0.25, -0.2) is 4.99 Å². The van der Waals surface area contributed by atoms with E-state index in [1.165, 1.54) is 0 Å². The molecule has 7 heteroatoms. The summed E-state index contributed by atoms with van der Waals surface area (Å²) in [4.78, 5) is 7.11. The van der Waals surface area contributed by atoms with Crippen molar-refractivity contribution in [2.75, 3.05) is 13.1 Å². The van der Waals surface area contributed by atoms with Crippen molar-refractivity contribution in [1.82, 2.24) is 25.0 Å². The van der Waals surface area contributed by atoms with Gasteiger partial charge in [0.15, 0.2) is 11.8 Å². The molecular formula is C15H29IN6. The third-order valence-electron chi connectivity index (χ3n) is 4.88. The van der Waals surface area contributed by atoms with Crippen molar-refractivity contribution in [3.8, 4) is 0 Å². The van der Waals surface area contributed by atoms with E-state index in [0.717, 1.165) is 31.4 Å². The van der Waals surface area contributed by atoms with Gasteiger partial charge in [-0.3, -0.25) is 0 Å². The predicted octanol–water partition coefficient (Wildman–Crippen LogP) is 2.50. The number of hydrogen-bond donors (Lipinski definition) is 1. The molecule has 0 amide bonds. The zero-order chi connectivity index (χ0) is 15.7. The van der Waals surface area contributed by atoms with Gasteiger partial charge in [-0.1, -0.05) is 13.8 Å². The summed E-state index contributed by atoms with van der Waals surface area (Å²) < 4.78 is 2.03. The second kappa shape index (κ2) is 7.14. The van der Waals surface area contributed by atoms with E-state index in [2.05, 4.69) is 62.0 Å².